The number of methoxy groups -OCH3 is 1. The smallest absolute Gasteiger partial charge is 0.332 e. The number of hydrogen-bond acceptors (Lipinski definition) is 4. The summed E-state index contributed by atoms with van der Waals surface area (Å²) in [4.78, 5) is 48.3. The molecule has 5 aromatic rings. The summed E-state index contributed by atoms with van der Waals surface area (Å²) >= 11 is 5.99. The van der Waals surface area contributed by atoms with E-state index in [1.165, 1.54) is 0 Å². The molecule has 0 aliphatic carbocycles. The van der Waals surface area contributed by atoms with Crippen LogP contribution in [-0.4, -0.2) is 40.9 Å². The number of H-pyrrole nitrogens is 1. The van der Waals surface area contributed by atoms with Gasteiger partial charge in [-0.2, -0.15) is 0 Å². The fourth-order valence-corrected chi connectivity index (χ4v) is 6.32. The molecule has 0 radical (unpaired) electrons. The molecular formula is C34H27ClN4O4. The molecule has 4 aromatic carbocycles. The Morgan fingerprint density at radius 2 is 1.74 bits per heavy atom. The molecule has 1 unspecified atom stereocenters. The lowest BCUT2D eigenvalue weighted by atomic mass is 9.89. The molecule has 2 aliphatic heterocycles. The molecular weight excluding hydrogens is 564 g/mol. The third kappa shape index (κ3) is 4.51. The minimum Gasteiger partial charge on any atom is -0.497 e. The molecule has 9 heteroatoms. The lowest BCUT2D eigenvalue weighted by molar-refractivity contribution is -0.120. The van der Waals surface area contributed by atoms with Gasteiger partial charge < -0.3 is 15.0 Å². The second kappa shape index (κ2) is 10.6. The number of imide groups is 1. The molecule has 4 amide bonds. The fourth-order valence-electron chi connectivity index (χ4n) is 6.19. The van der Waals surface area contributed by atoms with Crippen molar-refractivity contribution < 1.29 is 19.1 Å². The molecule has 7 rings (SSSR count). The van der Waals surface area contributed by atoms with E-state index in [4.69, 9.17) is 16.3 Å². The number of para-hydroxylation sites is 2. The number of fused-ring (bicyclic) bond motifs is 4. The number of rotatable bonds is 6. The molecule has 3 heterocycles. The van der Waals surface area contributed by atoms with Crippen molar-refractivity contribution in [2.24, 2.45) is 0 Å². The summed E-state index contributed by atoms with van der Waals surface area (Å²) in [5.74, 6) is -0.113. The van der Waals surface area contributed by atoms with E-state index < -0.39 is 24.0 Å². The second-order valence-corrected chi connectivity index (χ2v) is 11.1. The topological polar surface area (TPSA) is 94.7 Å². The number of carbonyl (C=O) groups is 3. The Kier molecular flexibility index (Phi) is 6.63. The van der Waals surface area contributed by atoms with Crippen LogP contribution in [0.5, 0.6) is 5.75 Å². The number of benzene rings is 4. The highest BCUT2D eigenvalue weighted by atomic mass is 35.5. The van der Waals surface area contributed by atoms with Crippen molar-refractivity contribution >= 4 is 46.0 Å². The number of ether oxygens (including phenoxy) is 1. The number of anilines is 1. The van der Waals surface area contributed by atoms with E-state index in [0.717, 1.165) is 38.2 Å². The van der Waals surface area contributed by atoms with Gasteiger partial charge in [0.15, 0.2) is 0 Å². The van der Waals surface area contributed by atoms with Crippen molar-refractivity contribution in [3.05, 3.63) is 130 Å². The van der Waals surface area contributed by atoms with Gasteiger partial charge in [0.1, 0.15) is 17.8 Å². The first-order valence-electron chi connectivity index (χ1n) is 14.0. The third-order valence-electron chi connectivity index (χ3n) is 8.21. The first-order chi connectivity index (χ1) is 20.9. The minimum absolute atomic E-state index is 0.236. The minimum atomic E-state index is -0.749. The normalized spacial score (nSPS) is 17.6. The van der Waals surface area contributed by atoms with Crippen LogP contribution in [0.25, 0.3) is 10.9 Å². The van der Waals surface area contributed by atoms with E-state index in [-0.39, 0.29) is 23.7 Å². The van der Waals surface area contributed by atoms with Crippen LogP contribution in [0.2, 0.25) is 5.02 Å². The summed E-state index contributed by atoms with van der Waals surface area (Å²) in [6.45, 7) is 0.264. The van der Waals surface area contributed by atoms with Gasteiger partial charge in [-0.05, 0) is 59.2 Å². The van der Waals surface area contributed by atoms with E-state index in [9.17, 15) is 14.4 Å². The Labute approximate surface area is 252 Å². The van der Waals surface area contributed by atoms with Crippen molar-refractivity contribution in [1.82, 2.24) is 15.2 Å². The number of carbonyl (C=O) groups excluding carboxylic acids is 3. The maximum absolute atomic E-state index is 14.3. The van der Waals surface area contributed by atoms with Gasteiger partial charge in [0, 0.05) is 34.6 Å². The maximum atomic E-state index is 14.3. The standard InChI is InChI=1S/C34H27ClN4O4/c1-43-23-8-6-7-21(17-23)31-30-26(24-9-2-4-11-27(24)37-30)18-29-33(41)39(34(42)38(29)31)28-12-5-3-10-25(28)32(40)36-19-20-13-15-22(35)16-14-20/h2-17,29,31,37H,18-19H2,1H3,(H,36,40)/t29-,31?/m0/s1. The fraction of sp³-hybridized carbons (Fsp3) is 0.147. The lowest BCUT2D eigenvalue weighted by Gasteiger charge is -2.36. The number of urea groups is 1. The van der Waals surface area contributed by atoms with E-state index >= 15 is 0 Å². The molecule has 8 nitrogen and oxygen atoms in total. The Morgan fingerprint density at radius 3 is 2.56 bits per heavy atom. The number of nitrogens with zero attached hydrogens (tertiary/aromatic N) is 2. The number of hydrogen-bond donors (Lipinski definition) is 2. The zero-order valence-electron chi connectivity index (χ0n) is 23.2. The third-order valence-corrected chi connectivity index (χ3v) is 8.47. The second-order valence-electron chi connectivity index (χ2n) is 10.7. The molecule has 43 heavy (non-hydrogen) atoms. The SMILES string of the molecule is COc1cccc(C2c3[nH]c4ccccc4c3C[C@H]3C(=O)N(c4ccccc4C(=O)NCc4ccc(Cl)cc4)C(=O)N23)c1. The molecule has 2 atom stereocenters. The molecule has 1 saturated heterocycles. The van der Waals surface area contributed by atoms with Gasteiger partial charge in [-0.25, -0.2) is 9.69 Å². The molecule has 0 bridgehead atoms. The first-order valence-corrected chi connectivity index (χ1v) is 14.3. The van der Waals surface area contributed by atoms with Crippen LogP contribution >= 0.6 is 11.6 Å². The van der Waals surface area contributed by atoms with Crippen molar-refractivity contribution in [3.8, 4) is 5.75 Å². The molecule has 2 aliphatic rings. The van der Waals surface area contributed by atoms with E-state index in [1.54, 1.807) is 48.4 Å². The van der Waals surface area contributed by atoms with E-state index in [1.807, 2.05) is 60.7 Å². The van der Waals surface area contributed by atoms with Crippen LogP contribution in [0, 0.1) is 0 Å². The summed E-state index contributed by atoms with van der Waals surface area (Å²) in [6, 6.07) is 27.6. The number of aromatic amines is 1. The molecule has 1 aromatic heterocycles. The summed E-state index contributed by atoms with van der Waals surface area (Å²) in [5.41, 5.74) is 4.98. The highest BCUT2D eigenvalue weighted by molar-refractivity contribution is 6.30. The van der Waals surface area contributed by atoms with Crippen molar-refractivity contribution in [3.63, 3.8) is 0 Å². The summed E-state index contributed by atoms with van der Waals surface area (Å²) in [7, 11) is 1.60. The van der Waals surface area contributed by atoms with Gasteiger partial charge in [-0.1, -0.05) is 66.2 Å². The number of aromatic nitrogens is 1. The lowest BCUT2D eigenvalue weighted by Crippen LogP contribution is -2.44. The van der Waals surface area contributed by atoms with Crippen molar-refractivity contribution in [2.75, 3.05) is 12.0 Å². The Bertz CT molecular complexity index is 1900. The first kappa shape index (κ1) is 26.8. The Morgan fingerprint density at radius 1 is 0.977 bits per heavy atom. The van der Waals surface area contributed by atoms with Gasteiger partial charge in [-0.3, -0.25) is 14.5 Å². The summed E-state index contributed by atoms with van der Waals surface area (Å²) in [6.07, 6.45) is 0.353. The Balaban J connectivity index is 1.28. The average molecular weight is 591 g/mol. The zero-order valence-corrected chi connectivity index (χ0v) is 24.0. The molecule has 0 spiro atoms. The average Bonchev–Trinajstić information content (AvgIpc) is 3.53. The number of halogens is 1. The van der Waals surface area contributed by atoms with E-state index in [0.29, 0.717) is 17.2 Å². The van der Waals surface area contributed by atoms with Crippen molar-refractivity contribution in [1.29, 1.82) is 0 Å². The predicted molar refractivity (Wildman–Crippen MR) is 164 cm³/mol. The van der Waals surface area contributed by atoms with Gasteiger partial charge in [0.2, 0.25) is 0 Å². The highest BCUT2D eigenvalue weighted by Crippen LogP contribution is 2.45. The van der Waals surface area contributed by atoms with Gasteiger partial charge >= 0.3 is 6.03 Å². The maximum Gasteiger partial charge on any atom is 0.332 e. The Hall–Kier alpha value is -5.08. The molecule has 0 saturated carbocycles. The van der Waals surface area contributed by atoms with Crippen LogP contribution in [0.4, 0.5) is 10.5 Å². The summed E-state index contributed by atoms with van der Waals surface area (Å²) in [5, 5.41) is 4.53. The number of amides is 4. The van der Waals surface area contributed by atoms with Crippen LogP contribution < -0.4 is 15.0 Å². The van der Waals surface area contributed by atoms with Crippen LogP contribution in [0.15, 0.2) is 97.1 Å². The van der Waals surface area contributed by atoms with Crippen LogP contribution in [0.3, 0.4) is 0 Å². The van der Waals surface area contributed by atoms with E-state index in [2.05, 4.69) is 10.3 Å². The molecule has 2 N–H and O–H groups in total. The number of nitrogens with one attached hydrogen (secondary N) is 2. The van der Waals surface area contributed by atoms with Gasteiger partial charge in [-0.15, -0.1) is 0 Å². The molecule has 214 valence electrons. The van der Waals surface area contributed by atoms with Crippen LogP contribution in [0.1, 0.15) is 38.8 Å². The van der Waals surface area contributed by atoms with Crippen LogP contribution in [-0.2, 0) is 17.8 Å². The van der Waals surface area contributed by atoms with Crippen molar-refractivity contribution in [2.45, 2.75) is 25.0 Å². The summed E-state index contributed by atoms with van der Waals surface area (Å²) < 4.78 is 5.50. The van der Waals surface area contributed by atoms with Gasteiger partial charge in [0.25, 0.3) is 11.8 Å². The molecule has 1 fully saturated rings. The highest BCUT2D eigenvalue weighted by Gasteiger charge is 2.53. The monoisotopic (exact) mass is 590 g/mol. The van der Waals surface area contributed by atoms with Gasteiger partial charge in [0.05, 0.1) is 18.4 Å². The zero-order chi connectivity index (χ0) is 29.7. The largest absolute Gasteiger partial charge is 0.497 e. The predicted octanol–water partition coefficient (Wildman–Crippen LogP) is 6.24. The quantitative estimate of drug-likeness (QED) is 0.229.